The molecule has 2 aliphatic rings. The lowest BCUT2D eigenvalue weighted by Crippen LogP contribution is -2.40. The van der Waals surface area contributed by atoms with Gasteiger partial charge in [-0.05, 0) is 31.0 Å². The highest BCUT2D eigenvalue weighted by molar-refractivity contribution is 6.31. The summed E-state index contributed by atoms with van der Waals surface area (Å²) in [4.78, 5) is 14.2. The van der Waals surface area contributed by atoms with Gasteiger partial charge in [-0.1, -0.05) is 11.6 Å². The molecule has 0 unspecified atom stereocenters. The van der Waals surface area contributed by atoms with Crippen molar-refractivity contribution in [2.45, 2.75) is 18.9 Å². The van der Waals surface area contributed by atoms with Crippen molar-refractivity contribution in [3.8, 4) is 0 Å². The van der Waals surface area contributed by atoms with Gasteiger partial charge in [0.15, 0.2) is 0 Å². The lowest BCUT2D eigenvalue weighted by atomic mass is 10.1. The number of carbonyl (C=O) groups excluding carboxylic acids is 1. The van der Waals surface area contributed by atoms with Crippen LogP contribution in [0.2, 0.25) is 5.02 Å². The first-order valence-electron chi connectivity index (χ1n) is 7.21. The van der Waals surface area contributed by atoms with Crippen LogP contribution in [0.3, 0.4) is 0 Å². The number of nitrogens with one attached hydrogen (secondary N) is 1. The smallest absolute Gasteiger partial charge is 0.225 e. The van der Waals surface area contributed by atoms with Crippen molar-refractivity contribution < 1.29 is 13.9 Å². The molecule has 2 aliphatic heterocycles. The molecule has 1 aromatic rings. The third-order valence-electron chi connectivity index (χ3n) is 4.10. The van der Waals surface area contributed by atoms with Crippen LogP contribution < -0.4 is 10.2 Å². The topological polar surface area (TPSA) is 41.6 Å². The Labute approximate surface area is 128 Å². The summed E-state index contributed by atoms with van der Waals surface area (Å²) in [6.07, 6.45) is 1.68. The fourth-order valence-corrected chi connectivity index (χ4v) is 3.03. The summed E-state index contributed by atoms with van der Waals surface area (Å²) in [5, 5.41) is 3.21. The Morgan fingerprint density at radius 3 is 3.00 bits per heavy atom. The maximum absolute atomic E-state index is 13.2. The molecule has 114 valence electrons. The standard InChI is InChI=1S/C15H18ClFN2O2/c16-13-7-12(1-2-14(13)17)19-5-3-11(8-19)18-15(20)10-4-6-21-9-10/h1-2,7,10-11H,3-6,8-9H2,(H,18,20)/t10-,11-/m1/s1. The monoisotopic (exact) mass is 312 g/mol. The number of carbonyl (C=O) groups is 1. The van der Waals surface area contributed by atoms with Gasteiger partial charge in [-0.15, -0.1) is 0 Å². The highest BCUT2D eigenvalue weighted by Gasteiger charge is 2.29. The number of hydrogen-bond acceptors (Lipinski definition) is 3. The van der Waals surface area contributed by atoms with Crippen LogP contribution in [0.15, 0.2) is 18.2 Å². The maximum atomic E-state index is 13.2. The van der Waals surface area contributed by atoms with E-state index in [9.17, 15) is 9.18 Å². The number of anilines is 1. The molecular formula is C15H18ClFN2O2. The molecule has 1 amide bonds. The first-order valence-corrected chi connectivity index (χ1v) is 7.59. The van der Waals surface area contributed by atoms with Gasteiger partial charge in [-0.2, -0.15) is 0 Å². The van der Waals surface area contributed by atoms with E-state index in [-0.39, 0.29) is 22.9 Å². The van der Waals surface area contributed by atoms with E-state index in [0.29, 0.717) is 13.2 Å². The molecular weight excluding hydrogens is 295 g/mol. The average molecular weight is 313 g/mol. The molecule has 3 rings (SSSR count). The van der Waals surface area contributed by atoms with Gasteiger partial charge in [0, 0.05) is 31.4 Å². The minimum Gasteiger partial charge on any atom is -0.381 e. The molecule has 1 N–H and O–H groups in total. The number of amides is 1. The fraction of sp³-hybridized carbons (Fsp3) is 0.533. The van der Waals surface area contributed by atoms with Crippen LogP contribution >= 0.6 is 11.6 Å². The van der Waals surface area contributed by atoms with E-state index in [4.69, 9.17) is 16.3 Å². The van der Waals surface area contributed by atoms with Crippen molar-refractivity contribution in [1.29, 1.82) is 0 Å². The van der Waals surface area contributed by atoms with E-state index in [1.54, 1.807) is 12.1 Å². The van der Waals surface area contributed by atoms with Gasteiger partial charge in [0.05, 0.1) is 17.5 Å². The van der Waals surface area contributed by atoms with Gasteiger partial charge in [-0.3, -0.25) is 4.79 Å². The highest BCUT2D eigenvalue weighted by Crippen LogP contribution is 2.26. The molecule has 0 aromatic heterocycles. The van der Waals surface area contributed by atoms with E-state index in [2.05, 4.69) is 10.2 Å². The summed E-state index contributed by atoms with van der Waals surface area (Å²) < 4.78 is 18.4. The summed E-state index contributed by atoms with van der Waals surface area (Å²) in [5.41, 5.74) is 0.891. The van der Waals surface area contributed by atoms with Crippen molar-refractivity contribution >= 4 is 23.2 Å². The first-order chi connectivity index (χ1) is 10.1. The summed E-state index contributed by atoms with van der Waals surface area (Å²) in [7, 11) is 0. The molecule has 2 fully saturated rings. The summed E-state index contributed by atoms with van der Waals surface area (Å²) in [6.45, 7) is 2.74. The van der Waals surface area contributed by atoms with Crippen molar-refractivity contribution in [3.63, 3.8) is 0 Å². The van der Waals surface area contributed by atoms with Crippen LogP contribution in [-0.4, -0.2) is 38.3 Å². The van der Waals surface area contributed by atoms with Crippen LogP contribution in [0.4, 0.5) is 10.1 Å². The molecule has 2 heterocycles. The molecule has 2 atom stereocenters. The lowest BCUT2D eigenvalue weighted by Gasteiger charge is -2.20. The van der Waals surface area contributed by atoms with E-state index in [0.717, 1.165) is 31.6 Å². The van der Waals surface area contributed by atoms with Crippen molar-refractivity contribution in [2.24, 2.45) is 5.92 Å². The quantitative estimate of drug-likeness (QED) is 0.930. The third kappa shape index (κ3) is 3.30. The zero-order valence-electron chi connectivity index (χ0n) is 11.6. The fourth-order valence-electron chi connectivity index (χ4n) is 2.85. The molecule has 0 aliphatic carbocycles. The molecule has 2 saturated heterocycles. The molecule has 0 radical (unpaired) electrons. The van der Waals surface area contributed by atoms with Gasteiger partial charge < -0.3 is 15.0 Å². The molecule has 0 bridgehead atoms. The SMILES string of the molecule is O=C(N[C@@H]1CCN(c2ccc(F)c(Cl)c2)C1)[C@@H]1CCOC1. The highest BCUT2D eigenvalue weighted by atomic mass is 35.5. The summed E-state index contributed by atoms with van der Waals surface area (Å²) in [5.74, 6) is -0.346. The maximum Gasteiger partial charge on any atom is 0.225 e. The van der Waals surface area contributed by atoms with Gasteiger partial charge in [0.2, 0.25) is 5.91 Å². The molecule has 21 heavy (non-hydrogen) atoms. The number of halogens is 2. The van der Waals surface area contributed by atoms with Gasteiger partial charge in [0.1, 0.15) is 5.82 Å². The zero-order chi connectivity index (χ0) is 14.8. The van der Waals surface area contributed by atoms with Crippen LogP contribution in [0.1, 0.15) is 12.8 Å². The normalized spacial score (nSPS) is 25.3. The number of ether oxygens (including phenoxy) is 1. The molecule has 6 heteroatoms. The lowest BCUT2D eigenvalue weighted by molar-refractivity contribution is -0.125. The van der Waals surface area contributed by atoms with E-state index < -0.39 is 5.82 Å². The predicted molar refractivity (Wildman–Crippen MR) is 79.1 cm³/mol. The van der Waals surface area contributed by atoms with Crippen LogP contribution in [0.5, 0.6) is 0 Å². The minimum atomic E-state index is -0.411. The van der Waals surface area contributed by atoms with Crippen LogP contribution in [0.25, 0.3) is 0 Å². The summed E-state index contributed by atoms with van der Waals surface area (Å²) >= 11 is 5.81. The van der Waals surface area contributed by atoms with Gasteiger partial charge >= 0.3 is 0 Å². The molecule has 1 aromatic carbocycles. The van der Waals surface area contributed by atoms with E-state index in [1.807, 2.05) is 0 Å². The largest absolute Gasteiger partial charge is 0.381 e. The van der Waals surface area contributed by atoms with Crippen molar-refractivity contribution in [3.05, 3.63) is 29.0 Å². The van der Waals surface area contributed by atoms with Crippen LogP contribution in [0, 0.1) is 11.7 Å². The van der Waals surface area contributed by atoms with Gasteiger partial charge in [0.25, 0.3) is 0 Å². The van der Waals surface area contributed by atoms with Gasteiger partial charge in [-0.25, -0.2) is 4.39 Å². The van der Waals surface area contributed by atoms with E-state index in [1.165, 1.54) is 6.07 Å². The number of rotatable bonds is 3. The average Bonchev–Trinajstić information content (AvgIpc) is 3.12. The predicted octanol–water partition coefficient (Wildman–Crippen LogP) is 2.21. The first kappa shape index (κ1) is 14.6. The van der Waals surface area contributed by atoms with Crippen LogP contribution in [-0.2, 0) is 9.53 Å². The Morgan fingerprint density at radius 2 is 2.29 bits per heavy atom. The number of hydrogen-bond donors (Lipinski definition) is 1. The third-order valence-corrected chi connectivity index (χ3v) is 4.39. The Balaban J connectivity index is 1.57. The number of benzene rings is 1. The second kappa shape index (κ2) is 6.20. The van der Waals surface area contributed by atoms with E-state index >= 15 is 0 Å². The summed E-state index contributed by atoms with van der Waals surface area (Å²) in [6, 6.07) is 4.85. The molecule has 4 nitrogen and oxygen atoms in total. The Hall–Kier alpha value is -1.33. The zero-order valence-corrected chi connectivity index (χ0v) is 12.4. The van der Waals surface area contributed by atoms with Crippen molar-refractivity contribution in [1.82, 2.24) is 5.32 Å². The molecule has 0 spiro atoms. The second-order valence-corrected chi connectivity index (χ2v) is 6.01. The Kier molecular flexibility index (Phi) is 4.31. The second-order valence-electron chi connectivity index (χ2n) is 5.60. The Bertz CT molecular complexity index is 534. The Morgan fingerprint density at radius 1 is 1.43 bits per heavy atom. The minimum absolute atomic E-state index is 0.0145. The van der Waals surface area contributed by atoms with Crippen molar-refractivity contribution in [2.75, 3.05) is 31.2 Å². The molecule has 0 saturated carbocycles. The number of nitrogens with zero attached hydrogens (tertiary/aromatic N) is 1.